The second-order valence-electron chi connectivity index (χ2n) is 5.57. The molecule has 2 atom stereocenters. The van der Waals surface area contributed by atoms with Gasteiger partial charge in [0.1, 0.15) is 11.6 Å². The van der Waals surface area contributed by atoms with Crippen LogP contribution in [0.3, 0.4) is 0 Å². The number of benzene rings is 2. The van der Waals surface area contributed by atoms with E-state index >= 15 is 0 Å². The summed E-state index contributed by atoms with van der Waals surface area (Å²) in [7, 11) is 1.56. The number of carbonyl (C=O) groups is 1. The van der Waals surface area contributed by atoms with Crippen LogP contribution in [0.15, 0.2) is 48.5 Å². The van der Waals surface area contributed by atoms with E-state index in [0.29, 0.717) is 0 Å². The lowest BCUT2D eigenvalue weighted by molar-refractivity contribution is -0.132. The summed E-state index contributed by atoms with van der Waals surface area (Å²) in [6.07, 6.45) is 0.0990. The van der Waals surface area contributed by atoms with Gasteiger partial charge < -0.3 is 10.6 Å². The van der Waals surface area contributed by atoms with Gasteiger partial charge in [-0.2, -0.15) is 0 Å². The van der Waals surface area contributed by atoms with Crippen LogP contribution in [0.25, 0.3) is 0 Å². The topological polar surface area (TPSA) is 46.3 Å². The van der Waals surface area contributed by atoms with E-state index in [-0.39, 0.29) is 17.9 Å². The van der Waals surface area contributed by atoms with E-state index in [2.05, 4.69) is 0 Å². The Morgan fingerprint density at radius 3 is 2.48 bits per heavy atom. The Morgan fingerprint density at radius 1 is 1.17 bits per heavy atom. The van der Waals surface area contributed by atoms with Gasteiger partial charge in [0.2, 0.25) is 5.91 Å². The first-order valence-electron chi connectivity index (χ1n) is 7.41. The third-order valence-corrected chi connectivity index (χ3v) is 4.00. The highest BCUT2D eigenvalue weighted by molar-refractivity contribution is 5.77. The van der Waals surface area contributed by atoms with Crippen molar-refractivity contribution in [3.05, 3.63) is 71.3 Å². The smallest absolute Gasteiger partial charge is 0.224 e. The lowest BCUT2D eigenvalue weighted by atomic mass is 10.0. The van der Waals surface area contributed by atoms with Crippen LogP contribution >= 0.6 is 0 Å². The highest BCUT2D eigenvalue weighted by Gasteiger charge is 2.22. The minimum Gasteiger partial charge on any atom is -0.339 e. The Kier molecular flexibility index (Phi) is 5.45. The molecule has 2 N–H and O–H groups in total. The van der Waals surface area contributed by atoms with Crippen molar-refractivity contribution in [1.29, 1.82) is 0 Å². The van der Waals surface area contributed by atoms with Crippen LogP contribution in [0.2, 0.25) is 0 Å². The molecule has 0 saturated carbocycles. The largest absolute Gasteiger partial charge is 0.339 e. The Bertz CT molecular complexity index is 676. The standard InChI is InChI=1S/C18H20F2N2O/c1-12(15-10-14(19)8-9-16(15)20)22(2)18(23)11-17(21)13-6-4-3-5-7-13/h3-10,12,17H,11,21H2,1-2H3. The van der Waals surface area contributed by atoms with Crippen LogP contribution in [0.4, 0.5) is 8.78 Å². The molecule has 0 radical (unpaired) electrons. The molecule has 23 heavy (non-hydrogen) atoms. The van der Waals surface area contributed by atoms with Gasteiger partial charge in [0.05, 0.1) is 6.04 Å². The Morgan fingerprint density at radius 2 is 1.83 bits per heavy atom. The van der Waals surface area contributed by atoms with Crippen molar-refractivity contribution >= 4 is 5.91 Å². The lowest BCUT2D eigenvalue weighted by Gasteiger charge is -2.27. The van der Waals surface area contributed by atoms with Crippen molar-refractivity contribution in [1.82, 2.24) is 4.90 Å². The summed E-state index contributed by atoms with van der Waals surface area (Å²) < 4.78 is 27.2. The number of hydrogen-bond donors (Lipinski definition) is 1. The first-order chi connectivity index (χ1) is 10.9. The van der Waals surface area contributed by atoms with E-state index in [4.69, 9.17) is 5.73 Å². The maximum absolute atomic E-state index is 13.8. The van der Waals surface area contributed by atoms with Crippen molar-refractivity contribution in [2.24, 2.45) is 5.73 Å². The molecule has 0 aliphatic heterocycles. The number of amides is 1. The van der Waals surface area contributed by atoms with Gasteiger partial charge in [-0.1, -0.05) is 30.3 Å². The molecular weight excluding hydrogens is 298 g/mol. The zero-order valence-corrected chi connectivity index (χ0v) is 13.2. The summed E-state index contributed by atoms with van der Waals surface area (Å²) in [5, 5.41) is 0. The van der Waals surface area contributed by atoms with Crippen molar-refractivity contribution in [3.63, 3.8) is 0 Å². The van der Waals surface area contributed by atoms with Gasteiger partial charge in [-0.3, -0.25) is 4.79 Å². The summed E-state index contributed by atoms with van der Waals surface area (Å²) >= 11 is 0. The minimum atomic E-state index is -0.582. The van der Waals surface area contributed by atoms with Crippen molar-refractivity contribution in [2.75, 3.05) is 7.05 Å². The fraction of sp³-hybridized carbons (Fsp3) is 0.278. The predicted octanol–water partition coefficient (Wildman–Crippen LogP) is 3.57. The van der Waals surface area contributed by atoms with Gasteiger partial charge in [0, 0.05) is 25.1 Å². The molecule has 2 unspecified atom stereocenters. The van der Waals surface area contributed by atoms with Crippen LogP contribution in [0.1, 0.15) is 36.6 Å². The number of hydrogen-bond acceptors (Lipinski definition) is 2. The maximum atomic E-state index is 13.8. The fourth-order valence-electron chi connectivity index (χ4n) is 2.41. The molecular formula is C18H20F2N2O. The zero-order valence-electron chi connectivity index (χ0n) is 13.2. The van der Waals surface area contributed by atoms with E-state index in [1.165, 1.54) is 4.90 Å². The summed E-state index contributed by atoms with van der Waals surface area (Å²) in [5.74, 6) is -1.29. The minimum absolute atomic E-state index is 0.0990. The Labute approximate surface area is 134 Å². The van der Waals surface area contributed by atoms with Gasteiger partial charge in [-0.25, -0.2) is 8.78 Å². The van der Waals surface area contributed by atoms with Crippen LogP contribution < -0.4 is 5.73 Å². The van der Waals surface area contributed by atoms with E-state index in [0.717, 1.165) is 23.8 Å². The molecule has 0 bridgehead atoms. The highest BCUT2D eigenvalue weighted by atomic mass is 19.1. The van der Waals surface area contributed by atoms with Gasteiger partial charge in [0.15, 0.2) is 0 Å². The summed E-state index contributed by atoms with van der Waals surface area (Å²) in [4.78, 5) is 13.8. The molecule has 2 aromatic rings. The van der Waals surface area contributed by atoms with Gasteiger partial charge in [-0.05, 0) is 30.7 Å². The lowest BCUT2D eigenvalue weighted by Crippen LogP contribution is -2.32. The first-order valence-corrected chi connectivity index (χ1v) is 7.41. The normalized spacial score (nSPS) is 13.4. The molecule has 0 aliphatic rings. The molecule has 1 amide bonds. The third-order valence-electron chi connectivity index (χ3n) is 4.00. The van der Waals surface area contributed by atoms with E-state index < -0.39 is 23.7 Å². The van der Waals surface area contributed by atoms with E-state index in [1.54, 1.807) is 14.0 Å². The SMILES string of the molecule is CC(c1cc(F)ccc1F)N(C)C(=O)CC(N)c1ccccc1. The molecule has 0 aliphatic carbocycles. The molecule has 0 fully saturated rings. The number of halogens is 2. The highest BCUT2D eigenvalue weighted by Crippen LogP contribution is 2.24. The molecule has 0 saturated heterocycles. The summed E-state index contributed by atoms with van der Waals surface area (Å²) in [6.45, 7) is 1.66. The van der Waals surface area contributed by atoms with Gasteiger partial charge >= 0.3 is 0 Å². The molecule has 2 rings (SSSR count). The first kappa shape index (κ1) is 17.1. The molecule has 3 nitrogen and oxygen atoms in total. The van der Waals surface area contributed by atoms with E-state index in [9.17, 15) is 13.6 Å². The Balaban J connectivity index is 2.08. The third kappa shape index (κ3) is 4.13. The second-order valence-corrected chi connectivity index (χ2v) is 5.57. The van der Waals surface area contributed by atoms with Crippen LogP contribution in [-0.4, -0.2) is 17.9 Å². The molecule has 0 spiro atoms. The predicted molar refractivity (Wildman–Crippen MR) is 85.5 cm³/mol. The van der Waals surface area contributed by atoms with Crippen molar-refractivity contribution < 1.29 is 13.6 Å². The number of nitrogens with two attached hydrogens (primary N) is 1. The van der Waals surface area contributed by atoms with Crippen LogP contribution in [0.5, 0.6) is 0 Å². The number of rotatable bonds is 5. The molecule has 0 aromatic heterocycles. The second kappa shape index (κ2) is 7.33. The monoisotopic (exact) mass is 318 g/mol. The van der Waals surface area contributed by atoms with Crippen molar-refractivity contribution in [2.45, 2.75) is 25.4 Å². The number of carbonyl (C=O) groups excluding carboxylic acids is 1. The molecule has 2 aromatic carbocycles. The van der Waals surface area contributed by atoms with E-state index in [1.807, 2.05) is 30.3 Å². The summed E-state index contributed by atoms with van der Waals surface area (Å²) in [5.41, 5.74) is 7.05. The van der Waals surface area contributed by atoms with Crippen molar-refractivity contribution in [3.8, 4) is 0 Å². The van der Waals surface area contributed by atoms with Gasteiger partial charge in [0.25, 0.3) is 0 Å². The zero-order chi connectivity index (χ0) is 17.0. The van der Waals surface area contributed by atoms with Crippen LogP contribution in [0, 0.1) is 11.6 Å². The fourth-order valence-corrected chi connectivity index (χ4v) is 2.41. The number of nitrogens with zero attached hydrogens (tertiary/aromatic N) is 1. The maximum Gasteiger partial charge on any atom is 0.224 e. The Hall–Kier alpha value is -2.27. The molecule has 122 valence electrons. The average Bonchev–Trinajstić information content (AvgIpc) is 2.56. The van der Waals surface area contributed by atoms with Gasteiger partial charge in [-0.15, -0.1) is 0 Å². The average molecular weight is 318 g/mol. The van der Waals surface area contributed by atoms with Crippen LogP contribution in [-0.2, 0) is 4.79 Å². The quantitative estimate of drug-likeness (QED) is 0.916. The molecule has 5 heteroatoms. The summed E-state index contributed by atoms with van der Waals surface area (Å²) in [6, 6.07) is 11.5. The molecule has 0 heterocycles.